The van der Waals surface area contributed by atoms with Crippen LogP contribution in [0.4, 0.5) is 11.5 Å². The SMILES string of the molecule is COc1ccc(S(=O)(=O)NCc2ccnc(N3CCCC3)c2)c([N+](=O)[O-])c1. The van der Waals surface area contributed by atoms with Gasteiger partial charge in [-0.3, -0.25) is 10.1 Å². The van der Waals surface area contributed by atoms with Crippen molar-refractivity contribution in [3.63, 3.8) is 0 Å². The van der Waals surface area contributed by atoms with Gasteiger partial charge < -0.3 is 9.64 Å². The van der Waals surface area contributed by atoms with Crippen LogP contribution >= 0.6 is 0 Å². The molecule has 27 heavy (non-hydrogen) atoms. The zero-order valence-electron chi connectivity index (χ0n) is 14.8. The van der Waals surface area contributed by atoms with Crippen molar-refractivity contribution in [2.75, 3.05) is 25.1 Å². The minimum absolute atomic E-state index is 0.00881. The van der Waals surface area contributed by atoms with Gasteiger partial charge in [-0.1, -0.05) is 0 Å². The number of nitro benzene ring substituents is 1. The largest absolute Gasteiger partial charge is 0.497 e. The molecule has 0 aliphatic carbocycles. The van der Waals surface area contributed by atoms with Crippen molar-refractivity contribution in [1.29, 1.82) is 0 Å². The van der Waals surface area contributed by atoms with E-state index < -0.39 is 25.5 Å². The molecule has 1 saturated heterocycles. The number of pyridine rings is 1. The molecule has 3 rings (SSSR count). The molecule has 0 radical (unpaired) electrons. The molecule has 1 fully saturated rings. The average molecular weight is 392 g/mol. The highest BCUT2D eigenvalue weighted by Gasteiger charge is 2.26. The number of sulfonamides is 1. The van der Waals surface area contributed by atoms with Crippen molar-refractivity contribution in [2.45, 2.75) is 24.3 Å². The Morgan fingerprint density at radius 2 is 2.00 bits per heavy atom. The standard InChI is InChI=1S/C17H20N4O5S/c1-26-14-4-5-16(15(11-14)21(22)23)27(24,25)19-12-13-6-7-18-17(10-13)20-8-2-3-9-20/h4-7,10-11,19H,2-3,8-9,12H2,1H3. The van der Waals surface area contributed by atoms with Crippen LogP contribution in [0.25, 0.3) is 0 Å². The van der Waals surface area contributed by atoms with E-state index in [-0.39, 0.29) is 12.3 Å². The quantitative estimate of drug-likeness (QED) is 0.566. The first-order valence-electron chi connectivity index (χ1n) is 8.43. The first-order valence-corrected chi connectivity index (χ1v) is 9.91. The Morgan fingerprint density at radius 1 is 1.26 bits per heavy atom. The van der Waals surface area contributed by atoms with Crippen LogP contribution in [-0.2, 0) is 16.6 Å². The Morgan fingerprint density at radius 3 is 2.67 bits per heavy atom. The van der Waals surface area contributed by atoms with Gasteiger partial charge in [0.05, 0.1) is 18.1 Å². The van der Waals surface area contributed by atoms with Gasteiger partial charge in [-0.15, -0.1) is 0 Å². The van der Waals surface area contributed by atoms with Crippen molar-refractivity contribution < 1.29 is 18.1 Å². The van der Waals surface area contributed by atoms with E-state index in [9.17, 15) is 18.5 Å². The molecule has 0 saturated carbocycles. The van der Waals surface area contributed by atoms with Gasteiger partial charge in [-0.25, -0.2) is 18.1 Å². The molecular formula is C17H20N4O5S. The van der Waals surface area contributed by atoms with E-state index in [0.717, 1.165) is 43.4 Å². The van der Waals surface area contributed by atoms with Gasteiger partial charge in [-0.2, -0.15) is 0 Å². The normalized spacial score (nSPS) is 14.3. The van der Waals surface area contributed by atoms with Crippen LogP contribution < -0.4 is 14.4 Å². The highest BCUT2D eigenvalue weighted by molar-refractivity contribution is 7.89. The average Bonchev–Trinajstić information content (AvgIpc) is 3.21. The highest BCUT2D eigenvalue weighted by Crippen LogP contribution is 2.28. The van der Waals surface area contributed by atoms with E-state index in [1.54, 1.807) is 12.3 Å². The topological polar surface area (TPSA) is 115 Å². The maximum atomic E-state index is 12.6. The first-order chi connectivity index (χ1) is 12.9. The maximum absolute atomic E-state index is 12.6. The number of anilines is 1. The second-order valence-electron chi connectivity index (χ2n) is 6.13. The lowest BCUT2D eigenvalue weighted by molar-refractivity contribution is -0.387. The monoisotopic (exact) mass is 392 g/mol. The Labute approximate surface area is 157 Å². The van der Waals surface area contributed by atoms with Gasteiger partial charge in [0.1, 0.15) is 11.6 Å². The zero-order valence-corrected chi connectivity index (χ0v) is 15.6. The van der Waals surface area contributed by atoms with Crippen LogP contribution in [0.2, 0.25) is 0 Å². The summed E-state index contributed by atoms with van der Waals surface area (Å²) in [5, 5.41) is 11.2. The van der Waals surface area contributed by atoms with E-state index >= 15 is 0 Å². The number of hydrogen-bond donors (Lipinski definition) is 1. The molecule has 0 atom stereocenters. The molecule has 1 aliphatic heterocycles. The molecule has 1 aliphatic rings. The summed E-state index contributed by atoms with van der Waals surface area (Å²) in [5.41, 5.74) is 0.195. The van der Waals surface area contributed by atoms with Crippen LogP contribution in [0, 0.1) is 10.1 Å². The molecule has 0 spiro atoms. The number of hydrogen-bond acceptors (Lipinski definition) is 7. The summed E-state index contributed by atoms with van der Waals surface area (Å²) < 4.78 is 32.5. The zero-order chi connectivity index (χ0) is 19.4. The van der Waals surface area contributed by atoms with Gasteiger partial charge in [0.15, 0.2) is 4.90 Å². The molecule has 1 aromatic carbocycles. The van der Waals surface area contributed by atoms with Crippen molar-refractivity contribution >= 4 is 21.5 Å². The third kappa shape index (κ3) is 4.34. The molecule has 10 heteroatoms. The molecule has 0 amide bonds. The second kappa shape index (κ2) is 7.89. The smallest absolute Gasteiger partial charge is 0.293 e. The number of rotatable bonds is 7. The van der Waals surface area contributed by atoms with Crippen LogP contribution in [0.3, 0.4) is 0 Å². The second-order valence-corrected chi connectivity index (χ2v) is 7.87. The fourth-order valence-corrected chi connectivity index (χ4v) is 4.11. The van der Waals surface area contributed by atoms with Crippen LogP contribution in [0.5, 0.6) is 5.75 Å². The van der Waals surface area contributed by atoms with Gasteiger partial charge in [-0.05, 0) is 42.7 Å². The lowest BCUT2D eigenvalue weighted by Crippen LogP contribution is -2.24. The van der Waals surface area contributed by atoms with Crippen LogP contribution in [0.1, 0.15) is 18.4 Å². The number of nitrogens with zero attached hydrogens (tertiary/aromatic N) is 3. The molecule has 2 heterocycles. The van der Waals surface area contributed by atoms with E-state index in [2.05, 4.69) is 14.6 Å². The van der Waals surface area contributed by atoms with E-state index in [1.807, 2.05) is 6.07 Å². The van der Waals surface area contributed by atoms with E-state index in [0.29, 0.717) is 0 Å². The molecule has 1 N–H and O–H groups in total. The van der Waals surface area contributed by atoms with Crippen molar-refractivity contribution in [1.82, 2.24) is 9.71 Å². The Hall–Kier alpha value is -2.72. The summed E-state index contributed by atoms with van der Waals surface area (Å²) in [5.74, 6) is 1.02. The van der Waals surface area contributed by atoms with Crippen molar-refractivity contribution in [3.8, 4) is 5.75 Å². The fraction of sp³-hybridized carbons (Fsp3) is 0.353. The summed E-state index contributed by atoms with van der Waals surface area (Å²) >= 11 is 0. The number of benzene rings is 1. The lowest BCUT2D eigenvalue weighted by atomic mass is 10.2. The minimum Gasteiger partial charge on any atom is -0.497 e. The van der Waals surface area contributed by atoms with Crippen LogP contribution in [-0.4, -0.2) is 38.5 Å². The summed E-state index contributed by atoms with van der Waals surface area (Å²) in [4.78, 5) is 16.6. The number of ether oxygens (including phenoxy) is 1. The summed E-state index contributed by atoms with van der Waals surface area (Å²) in [6.07, 6.45) is 3.85. The number of methoxy groups -OCH3 is 1. The Balaban J connectivity index is 1.79. The number of aromatic nitrogens is 1. The fourth-order valence-electron chi connectivity index (χ4n) is 2.94. The maximum Gasteiger partial charge on any atom is 0.293 e. The predicted molar refractivity (Wildman–Crippen MR) is 99.4 cm³/mol. The Kier molecular flexibility index (Phi) is 5.57. The number of nitro groups is 1. The predicted octanol–water partition coefficient (Wildman–Crippen LogP) is 2.08. The van der Waals surface area contributed by atoms with Crippen molar-refractivity contribution in [3.05, 3.63) is 52.2 Å². The first kappa shape index (κ1) is 19.1. The molecular weight excluding hydrogens is 372 g/mol. The van der Waals surface area contributed by atoms with Crippen LogP contribution in [0.15, 0.2) is 41.4 Å². The third-order valence-electron chi connectivity index (χ3n) is 4.36. The summed E-state index contributed by atoms with van der Waals surface area (Å²) in [6.45, 7) is 1.87. The van der Waals surface area contributed by atoms with Gasteiger partial charge in [0, 0.05) is 25.8 Å². The van der Waals surface area contributed by atoms with Gasteiger partial charge in [0.25, 0.3) is 5.69 Å². The van der Waals surface area contributed by atoms with Crippen molar-refractivity contribution in [2.24, 2.45) is 0 Å². The summed E-state index contributed by atoms with van der Waals surface area (Å²) in [7, 11) is -2.72. The Bertz CT molecular complexity index is 942. The molecule has 144 valence electrons. The van der Waals surface area contributed by atoms with Gasteiger partial charge in [0.2, 0.25) is 10.0 Å². The summed E-state index contributed by atoms with van der Waals surface area (Å²) in [6, 6.07) is 7.17. The third-order valence-corrected chi connectivity index (χ3v) is 5.81. The lowest BCUT2D eigenvalue weighted by Gasteiger charge is -2.17. The molecule has 1 aromatic heterocycles. The molecule has 0 unspecified atom stereocenters. The molecule has 0 bridgehead atoms. The molecule has 9 nitrogen and oxygen atoms in total. The molecule has 2 aromatic rings. The minimum atomic E-state index is -4.07. The van der Waals surface area contributed by atoms with E-state index in [1.165, 1.54) is 19.2 Å². The number of nitrogens with one attached hydrogen (secondary N) is 1. The van der Waals surface area contributed by atoms with E-state index in [4.69, 9.17) is 4.74 Å². The van der Waals surface area contributed by atoms with Gasteiger partial charge >= 0.3 is 0 Å². The highest BCUT2D eigenvalue weighted by atomic mass is 32.2.